The summed E-state index contributed by atoms with van der Waals surface area (Å²) in [7, 11) is 4.45. The molecule has 102 valence electrons. The Bertz CT molecular complexity index is 309. The third-order valence-corrected chi connectivity index (χ3v) is 4.98. The van der Waals surface area contributed by atoms with Crippen LogP contribution in [0.1, 0.15) is 39.0 Å². The molecule has 0 radical (unpaired) electrons. The fraction of sp³-hybridized carbons (Fsp3) is 0.933. The lowest BCUT2D eigenvalue weighted by atomic mass is 9.79. The quantitative estimate of drug-likeness (QED) is 0.769. The van der Waals surface area contributed by atoms with Crippen molar-refractivity contribution in [1.82, 2.24) is 9.80 Å². The Morgan fingerprint density at radius 2 is 2.11 bits per heavy atom. The number of hydrogen-bond donors (Lipinski definition) is 0. The average molecular weight is 249 g/mol. The van der Waals surface area contributed by atoms with Crippen molar-refractivity contribution in [2.45, 2.75) is 51.1 Å². The Balaban J connectivity index is 1.93. The van der Waals surface area contributed by atoms with Gasteiger partial charge in [0.05, 0.1) is 12.0 Å². The minimum atomic E-state index is 0.248. The summed E-state index contributed by atoms with van der Waals surface area (Å²) < 4.78 is 0. The first kappa shape index (κ1) is 13.8. The molecule has 0 amide bonds. The molecule has 2 aliphatic rings. The SMILES string of the molecule is CC1CCC(C#N)C(N(C)CC2CCCN2C)C1. The standard InChI is InChI=1S/C15H27N3/c1-12-6-7-13(10-16)15(9-12)18(3)11-14-5-4-8-17(14)2/h12-15H,4-9,11H2,1-3H3. The van der Waals surface area contributed by atoms with Gasteiger partial charge in [-0.1, -0.05) is 6.92 Å². The molecule has 0 spiro atoms. The average Bonchev–Trinajstić information content (AvgIpc) is 2.75. The van der Waals surface area contributed by atoms with E-state index >= 15 is 0 Å². The lowest BCUT2D eigenvalue weighted by molar-refractivity contribution is 0.106. The van der Waals surface area contributed by atoms with Crippen LogP contribution in [-0.2, 0) is 0 Å². The van der Waals surface area contributed by atoms with Crippen molar-refractivity contribution in [3.8, 4) is 6.07 Å². The van der Waals surface area contributed by atoms with E-state index in [1.165, 1.54) is 32.2 Å². The van der Waals surface area contributed by atoms with E-state index in [0.29, 0.717) is 12.1 Å². The second-order valence-corrected chi connectivity index (χ2v) is 6.44. The number of rotatable bonds is 3. The lowest BCUT2D eigenvalue weighted by Gasteiger charge is -2.39. The van der Waals surface area contributed by atoms with Crippen LogP contribution >= 0.6 is 0 Å². The number of likely N-dealkylation sites (N-methyl/N-ethyl adjacent to an activating group) is 2. The number of likely N-dealkylation sites (tertiary alicyclic amines) is 1. The van der Waals surface area contributed by atoms with Crippen molar-refractivity contribution in [3.05, 3.63) is 0 Å². The highest BCUT2D eigenvalue weighted by Gasteiger charge is 2.33. The van der Waals surface area contributed by atoms with Crippen LogP contribution < -0.4 is 0 Å². The maximum atomic E-state index is 9.32. The molecule has 0 aromatic carbocycles. The molecule has 3 heteroatoms. The third kappa shape index (κ3) is 3.05. The molecule has 2 fully saturated rings. The van der Waals surface area contributed by atoms with Gasteiger partial charge in [-0.25, -0.2) is 0 Å². The summed E-state index contributed by atoms with van der Waals surface area (Å²) in [6, 6.07) is 3.72. The zero-order chi connectivity index (χ0) is 13.1. The molecular weight excluding hydrogens is 222 g/mol. The fourth-order valence-corrected chi connectivity index (χ4v) is 3.67. The van der Waals surface area contributed by atoms with Crippen LogP contribution in [0.4, 0.5) is 0 Å². The normalized spacial score (nSPS) is 37.9. The molecule has 1 aliphatic carbocycles. The summed E-state index contributed by atoms with van der Waals surface area (Å²) in [6.45, 7) is 4.70. The van der Waals surface area contributed by atoms with E-state index in [1.54, 1.807) is 0 Å². The predicted molar refractivity (Wildman–Crippen MR) is 74.2 cm³/mol. The van der Waals surface area contributed by atoms with Crippen molar-refractivity contribution in [1.29, 1.82) is 5.26 Å². The van der Waals surface area contributed by atoms with E-state index in [9.17, 15) is 5.26 Å². The van der Waals surface area contributed by atoms with Crippen LogP contribution in [0.3, 0.4) is 0 Å². The fourth-order valence-electron chi connectivity index (χ4n) is 3.67. The van der Waals surface area contributed by atoms with Crippen molar-refractivity contribution < 1.29 is 0 Å². The maximum Gasteiger partial charge on any atom is 0.0672 e. The lowest BCUT2D eigenvalue weighted by Crippen LogP contribution is -2.46. The molecule has 18 heavy (non-hydrogen) atoms. The molecule has 1 saturated carbocycles. The van der Waals surface area contributed by atoms with Gasteiger partial charge >= 0.3 is 0 Å². The van der Waals surface area contributed by atoms with E-state index in [1.807, 2.05) is 0 Å². The summed E-state index contributed by atoms with van der Waals surface area (Å²) in [5.41, 5.74) is 0. The molecule has 1 heterocycles. The topological polar surface area (TPSA) is 30.3 Å². The highest BCUT2D eigenvalue weighted by molar-refractivity contribution is 4.97. The molecule has 4 unspecified atom stereocenters. The van der Waals surface area contributed by atoms with Gasteiger partial charge in [0.15, 0.2) is 0 Å². The molecule has 0 bridgehead atoms. The van der Waals surface area contributed by atoms with Crippen LogP contribution in [-0.4, -0.2) is 49.1 Å². The van der Waals surface area contributed by atoms with E-state index in [0.717, 1.165) is 18.9 Å². The van der Waals surface area contributed by atoms with Gasteiger partial charge in [-0.05, 0) is 58.7 Å². The first-order valence-electron chi connectivity index (χ1n) is 7.42. The second kappa shape index (κ2) is 6.04. The predicted octanol–water partition coefficient (Wildman–Crippen LogP) is 2.34. The smallest absolute Gasteiger partial charge is 0.0672 e. The largest absolute Gasteiger partial charge is 0.302 e. The van der Waals surface area contributed by atoms with Gasteiger partial charge < -0.3 is 9.80 Å². The second-order valence-electron chi connectivity index (χ2n) is 6.44. The van der Waals surface area contributed by atoms with Gasteiger partial charge in [0, 0.05) is 18.6 Å². The molecule has 3 nitrogen and oxygen atoms in total. The molecule has 4 atom stereocenters. The van der Waals surface area contributed by atoms with Gasteiger partial charge in [0.25, 0.3) is 0 Å². The summed E-state index contributed by atoms with van der Waals surface area (Å²) >= 11 is 0. The molecule has 1 aliphatic heterocycles. The van der Waals surface area contributed by atoms with Gasteiger partial charge in [0.1, 0.15) is 0 Å². The van der Waals surface area contributed by atoms with Crippen molar-refractivity contribution in [3.63, 3.8) is 0 Å². The summed E-state index contributed by atoms with van der Waals surface area (Å²) in [5, 5.41) is 9.32. The van der Waals surface area contributed by atoms with Crippen LogP contribution in [0, 0.1) is 23.2 Å². The van der Waals surface area contributed by atoms with E-state index in [4.69, 9.17) is 0 Å². The minimum Gasteiger partial charge on any atom is -0.302 e. The van der Waals surface area contributed by atoms with Gasteiger partial charge in [-0.2, -0.15) is 5.26 Å². The van der Waals surface area contributed by atoms with E-state index in [-0.39, 0.29) is 5.92 Å². The number of nitriles is 1. The molecular formula is C15H27N3. The maximum absolute atomic E-state index is 9.32. The van der Waals surface area contributed by atoms with Crippen LogP contribution in [0.15, 0.2) is 0 Å². The Hall–Kier alpha value is -0.590. The summed E-state index contributed by atoms with van der Waals surface area (Å²) in [4.78, 5) is 4.94. The monoisotopic (exact) mass is 249 g/mol. The molecule has 2 rings (SSSR count). The molecule has 0 aromatic rings. The summed E-state index contributed by atoms with van der Waals surface area (Å²) in [5.74, 6) is 1.03. The molecule has 1 saturated heterocycles. The number of nitrogens with zero attached hydrogens (tertiary/aromatic N) is 3. The van der Waals surface area contributed by atoms with E-state index < -0.39 is 0 Å². The minimum absolute atomic E-state index is 0.248. The van der Waals surface area contributed by atoms with Crippen molar-refractivity contribution in [2.75, 3.05) is 27.2 Å². The van der Waals surface area contributed by atoms with Gasteiger partial charge in [0.2, 0.25) is 0 Å². The molecule has 0 N–H and O–H groups in total. The van der Waals surface area contributed by atoms with Crippen LogP contribution in [0.25, 0.3) is 0 Å². The Morgan fingerprint density at radius 3 is 2.72 bits per heavy atom. The van der Waals surface area contributed by atoms with Crippen LogP contribution in [0.2, 0.25) is 0 Å². The summed E-state index contributed by atoms with van der Waals surface area (Å²) in [6.07, 6.45) is 6.17. The zero-order valence-electron chi connectivity index (χ0n) is 12.1. The highest BCUT2D eigenvalue weighted by atomic mass is 15.2. The molecule has 0 aromatic heterocycles. The highest BCUT2D eigenvalue weighted by Crippen LogP contribution is 2.32. The zero-order valence-corrected chi connectivity index (χ0v) is 12.1. The van der Waals surface area contributed by atoms with Gasteiger partial charge in [-0.3, -0.25) is 0 Å². The van der Waals surface area contributed by atoms with Gasteiger partial charge in [-0.15, -0.1) is 0 Å². The Kier molecular flexibility index (Phi) is 4.64. The first-order valence-corrected chi connectivity index (χ1v) is 7.42. The van der Waals surface area contributed by atoms with Crippen molar-refractivity contribution in [2.24, 2.45) is 11.8 Å². The number of hydrogen-bond acceptors (Lipinski definition) is 3. The van der Waals surface area contributed by atoms with E-state index in [2.05, 4.69) is 36.9 Å². The van der Waals surface area contributed by atoms with Crippen LogP contribution in [0.5, 0.6) is 0 Å². The Labute approximate surface area is 112 Å². The van der Waals surface area contributed by atoms with Crippen molar-refractivity contribution >= 4 is 0 Å². The first-order chi connectivity index (χ1) is 8.61. The Morgan fingerprint density at radius 1 is 1.33 bits per heavy atom. The third-order valence-electron chi connectivity index (χ3n) is 4.98.